The van der Waals surface area contributed by atoms with Gasteiger partial charge in [0, 0.05) is 12.5 Å². The minimum atomic E-state index is -1.05. The number of carbonyl (C=O) groups excluding carboxylic acids is 5. The van der Waals surface area contributed by atoms with E-state index >= 15 is 0 Å². The zero-order valence-electron chi connectivity index (χ0n) is 20.5. The molecule has 1 N–H and O–H groups in total. The van der Waals surface area contributed by atoms with Gasteiger partial charge in [0.25, 0.3) is 0 Å². The Bertz CT molecular complexity index is 691. The number of carbonyl (C=O) groups is 5. The molecule has 0 bridgehead atoms. The standard InChI is InChI=1S/C23H37NO10/c1-16(2)20(26)33-15-10-24-23(29)34-14-9-18(4)8-13-32-22(28)21(27)31-12-7-17(3)6-11-30-19(5)25/h17-18H,1,6-15H2,2-5H3,(H,24,29). The third-order valence-electron chi connectivity index (χ3n) is 4.57. The minimum Gasteiger partial charge on any atom is -0.466 e. The Labute approximate surface area is 200 Å². The highest BCUT2D eigenvalue weighted by Gasteiger charge is 2.18. The van der Waals surface area contributed by atoms with Crippen LogP contribution in [0.3, 0.4) is 0 Å². The van der Waals surface area contributed by atoms with E-state index in [1.54, 1.807) is 0 Å². The predicted molar refractivity (Wildman–Crippen MR) is 120 cm³/mol. The first-order valence-corrected chi connectivity index (χ1v) is 11.2. The van der Waals surface area contributed by atoms with E-state index < -0.39 is 24.0 Å². The molecule has 11 nitrogen and oxygen atoms in total. The van der Waals surface area contributed by atoms with Crippen LogP contribution in [0.5, 0.6) is 0 Å². The van der Waals surface area contributed by atoms with Crippen molar-refractivity contribution in [2.45, 2.75) is 53.4 Å². The molecule has 0 aromatic rings. The fourth-order valence-corrected chi connectivity index (χ4v) is 2.34. The SMILES string of the molecule is C=C(C)C(=O)OCCNC(=O)OCCC(C)CCOC(=O)C(=O)OCCC(C)CCOC(C)=O. The second kappa shape index (κ2) is 18.3. The van der Waals surface area contributed by atoms with E-state index in [-0.39, 0.29) is 56.4 Å². The van der Waals surface area contributed by atoms with Crippen molar-refractivity contribution in [3.05, 3.63) is 12.2 Å². The lowest BCUT2D eigenvalue weighted by molar-refractivity contribution is -0.168. The van der Waals surface area contributed by atoms with Crippen molar-refractivity contribution in [3.8, 4) is 0 Å². The van der Waals surface area contributed by atoms with Crippen LogP contribution in [0.2, 0.25) is 0 Å². The number of esters is 4. The Morgan fingerprint density at radius 1 is 0.647 bits per heavy atom. The third-order valence-corrected chi connectivity index (χ3v) is 4.57. The maximum atomic E-state index is 11.7. The van der Waals surface area contributed by atoms with Crippen molar-refractivity contribution in [1.29, 1.82) is 0 Å². The molecule has 11 heteroatoms. The van der Waals surface area contributed by atoms with Crippen molar-refractivity contribution in [2.24, 2.45) is 11.8 Å². The predicted octanol–water partition coefficient (Wildman–Crippen LogP) is 2.31. The number of nitrogens with one attached hydrogen (secondary N) is 1. The minimum absolute atomic E-state index is 0.0140. The molecular weight excluding hydrogens is 450 g/mol. The average molecular weight is 488 g/mol. The Morgan fingerprint density at radius 3 is 1.50 bits per heavy atom. The highest BCUT2D eigenvalue weighted by molar-refractivity contribution is 6.29. The molecule has 0 aromatic heterocycles. The molecule has 0 heterocycles. The zero-order valence-corrected chi connectivity index (χ0v) is 20.5. The van der Waals surface area contributed by atoms with Crippen LogP contribution >= 0.6 is 0 Å². The second-order valence-electron chi connectivity index (χ2n) is 7.96. The van der Waals surface area contributed by atoms with Gasteiger partial charge in [0.05, 0.1) is 33.0 Å². The number of rotatable bonds is 16. The summed E-state index contributed by atoms with van der Waals surface area (Å²) < 4.78 is 24.5. The summed E-state index contributed by atoms with van der Waals surface area (Å²) in [6.07, 6.45) is 1.55. The van der Waals surface area contributed by atoms with Crippen LogP contribution in [-0.4, -0.2) is 69.5 Å². The summed E-state index contributed by atoms with van der Waals surface area (Å²) in [6, 6.07) is 0. The van der Waals surface area contributed by atoms with Crippen molar-refractivity contribution >= 4 is 30.0 Å². The highest BCUT2D eigenvalue weighted by Crippen LogP contribution is 2.09. The van der Waals surface area contributed by atoms with Crippen LogP contribution in [0.15, 0.2) is 12.2 Å². The van der Waals surface area contributed by atoms with E-state index in [1.165, 1.54) is 13.8 Å². The fraction of sp³-hybridized carbons (Fsp3) is 0.696. The van der Waals surface area contributed by atoms with Crippen LogP contribution in [0.1, 0.15) is 53.4 Å². The van der Waals surface area contributed by atoms with Crippen LogP contribution in [-0.2, 0) is 42.9 Å². The second-order valence-corrected chi connectivity index (χ2v) is 7.96. The van der Waals surface area contributed by atoms with Gasteiger partial charge in [-0.25, -0.2) is 19.2 Å². The summed E-state index contributed by atoms with van der Waals surface area (Å²) in [5, 5.41) is 2.45. The van der Waals surface area contributed by atoms with Gasteiger partial charge < -0.3 is 29.0 Å². The van der Waals surface area contributed by atoms with Crippen molar-refractivity contribution in [3.63, 3.8) is 0 Å². The van der Waals surface area contributed by atoms with E-state index in [0.717, 1.165) is 0 Å². The average Bonchev–Trinajstić information content (AvgIpc) is 2.75. The van der Waals surface area contributed by atoms with E-state index in [0.29, 0.717) is 32.3 Å². The van der Waals surface area contributed by atoms with Gasteiger partial charge in [-0.15, -0.1) is 0 Å². The van der Waals surface area contributed by atoms with Crippen molar-refractivity contribution in [2.75, 3.05) is 39.6 Å². The molecule has 0 fully saturated rings. The fourth-order valence-electron chi connectivity index (χ4n) is 2.34. The summed E-state index contributed by atoms with van der Waals surface area (Å²) in [4.78, 5) is 56.8. The van der Waals surface area contributed by atoms with Gasteiger partial charge in [-0.1, -0.05) is 20.4 Å². The number of hydrogen-bond donors (Lipinski definition) is 1. The first kappa shape index (κ1) is 30.9. The molecular formula is C23H37NO10. The maximum absolute atomic E-state index is 11.7. The van der Waals surface area contributed by atoms with Gasteiger partial charge in [-0.05, 0) is 44.4 Å². The van der Waals surface area contributed by atoms with Crippen molar-refractivity contribution < 1.29 is 47.7 Å². The van der Waals surface area contributed by atoms with Crippen LogP contribution in [0.25, 0.3) is 0 Å². The lowest BCUT2D eigenvalue weighted by Gasteiger charge is -2.13. The molecule has 0 aliphatic rings. The summed E-state index contributed by atoms with van der Waals surface area (Å²) in [5.74, 6) is -2.74. The van der Waals surface area contributed by atoms with Gasteiger partial charge in [0.2, 0.25) is 0 Å². The number of amides is 1. The van der Waals surface area contributed by atoms with Crippen LogP contribution in [0.4, 0.5) is 4.79 Å². The van der Waals surface area contributed by atoms with Crippen molar-refractivity contribution in [1.82, 2.24) is 5.32 Å². The maximum Gasteiger partial charge on any atom is 0.417 e. The molecule has 1 amide bonds. The smallest absolute Gasteiger partial charge is 0.417 e. The number of alkyl carbamates (subject to hydrolysis) is 1. The molecule has 0 rings (SSSR count). The zero-order chi connectivity index (χ0) is 25.9. The molecule has 0 saturated heterocycles. The van der Waals surface area contributed by atoms with E-state index in [1.807, 2.05) is 13.8 Å². The number of ether oxygens (including phenoxy) is 5. The first-order valence-electron chi connectivity index (χ1n) is 11.2. The summed E-state index contributed by atoms with van der Waals surface area (Å²) in [6.45, 7) is 10.8. The lowest BCUT2D eigenvalue weighted by Crippen LogP contribution is -2.29. The Hall–Kier alpha value is -3.11. The van der Waals surface area contributed by atoms with Gasteiger partial charge in [-0.2, -0.15) is 0 Å². The van der Waals surface area contributed by atoms with E-state index in [4.69, 9.17) is 23.7 Å². The van der Waals surface area contributed by atoms with Gasteiger partial charge >= 0.3 is 30.0 Å². The van der Waals surface area contributed by atoms with E-state index in [2.05, 4.69) is 11.9 Å². The van der Waals surface area contributed by atoms with Gasteiger partial charge in [-0.3, -0.25) is 4.79 Å². The molecule has 0 radical (unpaired) electrons. The molecule has 2 atom stereocenters. The summed E-state index contributed by atoms with van der Waals surface area (Å²) in [5.41, 5.74) is 0.276. The molecule has 34 heavy (non-hydrogen) atoms. The molecule has 0 aliphatic heterocycles. The topological polar surface area (TPSA) is 144 Å². The molecule has 0 aromatic carbocycles. The Morgan fingerprint density at radius 2 is 1.06 bits per heavy atom. The monoisotopic (exact) mass is 487 g/mol. The normalized spacial score (nSPS) is 12.0. The Kier molecular flexibility index (Phi) is 16.7. The molecule has 0 saturated carbocycles. The van der Waals surface area contributed by atoms with Crippen LogP contribution in [0, 0.1) is 11.8 Å². The first-order chi connectivity index (χ1) is 16.0. The Balaban J connectivity index is 3.78. The molecule has 0 spiro atoms. The van der Waals surface area contributed by atoms with Gasteiger partial charge in [0.1, 0.15) is 6.61 Å². The molecule has 194 valence electrons. The third kappa shape index (κ3) is 17.4. The highest BCUT2D eigenvalue weighted by atomic mass is 16.6. The van der Waals surface area contributed by atoms with Crippen LogP contribution < -0.4 is 5.32 Å². The van der Waals surface area contributed by atoms with E-state index in [9.17, 15) is 24.0 Å². The number of hydrogen-bond acceptors (Lipinski definition) is 10. The molecule has 2 unspecified atom stereocenters. The lowest BCUT2D eigenvalue weighted by atomic mass is 10.1. The summed E-state index contributed by atoms with van der Waals surface area (Å²) in [7, 11) is 0. The molecule has 0 aliphatic carbocycles. The summed E-state index contributed by atoms with van der Waals surface area (Å²) >= 11 is 0. The van der Waals surface area contributed by atoms with Gasteiger partial charge in [0.15, 0.2) is 0 Å². The largest absolute Gasteiger partial charge is 0.466 e. The quantitative estimate of drug-likeness (QED) is 0.113.